The van der Waals surface area contributed by atoms with Crippen molar-refractivity contribution in [2.45, 2.75) is 12.8 Å². The molecule has 0 bridgehead atoms. The number of amides is 1. The number of benzene rings is 1. The molecule has 1 aromatic rings. The van der Waals surface area contributed by atoms with Crippen LogP contribution in [0.5, 0.6) is 0 Å². The SMILES string of the molecule is CNCCCC(=O)Nc1cc(Br)ccc1C(=O)O. The Balaban J connectivity index is 2.73. The molecule has 5 nitrogen and oxygen atoms in total. The first-order chi connectivity index (χ1) is 8.54. The molecule has 0 aromatic heterocycles. The quantitative estimate of drug-likeness (QED) is 0.702. The number of carbonyl (C=O) groups is 2. The molecule has 1 amide bonds. The van der Waals surface area contributed by atoms with Crippen molar-refractivity contribution in [3.63, 3.8) is 0 Å². The lowest BCUT2D eigenvalue weighted by Gasteiger charge is -2.09. The third-order valence-electron chi connectivity index (χ3n) is 2.32. The number of nitrogens with one attached hydrogen (secondary N) is 2. The topological polar surface area (TPSA) is 78.4 Å². The summed E-state index contributed by atoms with van der Waals surface area (Å²) in [6, 6.07) is 4.66. The van der Waals surface area contributed by atoms with E-state index in [0.717, 1.165) is 11.0 Å². The van der Waals surface area contributed by atoms with Gasteiger partial charge < -0.3 is 15.7 Å². The Bertz CT molecular complexity index is 449. The lowest BCUT2D eigenvalue weighted by molar-refractivity contribution is -0.116. The van der Waals surface area contributed by atoms with E-state index < -0.39 is 5.97 Å². The molecule has 0 aliphatic rings. The van der Waals surface area contributed by atoms with Gasteiger partial charge in [-0.25, -0.2) is 4.79 Å². The molecule has 6 heteroatoms. The fourth-order valence-electron chi connectivity index (χ4n) is 1.44. The van der Waals surface area contributed by atoms with Crippen LogP contribution in [0, 0.1) is 0 Å². The number of halogens is 1. The normalized spacial score (nSPS) is 10.1. The number of rotatable bonds is 6. The second-order valence-corrected chi connectivity index (χ2v) is 4.67. The fourth-order valence-corrected chi connectivity index (χ4v) is 1.81. The van der Waals surface area contributed by atoms with E-state index in [2.05, 4.69) is 26.6 Å². The predicted octanol–water partition coefficient (Wildman–Crippen LogP) is 2.09. The Labute approximate surface area is 114 Å². The highest BCUT2D eigenvalue weighted by atomic mass is 79.9. The molecule has 0 heterocycles. The van der Waals surface area contributed by atoms with E-state index in [0.29, 0.717) is 18.5 Å². The van der Waals surface area contributed by atoms with Gasteiger partial charge in [-0.15, -0.1) is 0 Å². The average Bonchev–Trinajstić information content (AvgIpc) is 2.29. The average molecular weight is 315 g/mol. The summed E-state index contributed by atoms with van der Waals surface area (Å²) >= 11 is 3.24. The number of hydrogen-bond acceptors (Lipinski definition) is 3. The molecule has 1 aromatic carbocycles. The lowest BCUT2D eigenvalue weighted by Crippen LogP contribution is -2.17. The standard InChI is InChI=1S/C12H15BrN2O3/c1-14-6-2-3-11(16)15-10-7-8(13)4-5-9(10)12(17)18/h4-5,7,14H,2-3,6H2,1H3,(H,15,16)(H,17,18). The Morgan fingerprint density at radius 3 is 2.72 bits per heavy atom. The van der Waals surface area contributed by atoms with Crippen LogP contribution in [0.3, 0.4) is 0 Å². The largest absolute Gasteiger partial charge is 0.478 e. The van der Waals surface area contributed by atoms with Gasteiger partial charge in [-0.2, -0.15) is 0 Å². The molecule has 98 valence electrons. The van der Waals surface area contributed by atoms with Crippen molar-refractivity contribution in [1.29, 1.82) is 0 Å². The van der Waals surface area contributed by atoms with Crippen LogP contribution in [0.4, 0.5) is 5.69 Å². The molecule has 18 heavy (non-hydrogen) atoms. The second-order valence-electron chi connectivity index (χ2n) is 3.75. The molecule has 0 unspecified atom stereocenters. The monoisotopic (exact) mass is 314 g/mol. The maximum atomic E-state index is 11.6. The van der Waals surface area contributed by atoms with Crippen molar-refractivity contribution in [3.05, 3.63) is 28.2 Å². The minimum Gasteiger partial charge on any atom is -0.478 e. The van der Waals surface area contributed by atoms with Crippen molar-refractivity contribution < 1.29 is 14.7 Å². The number of carboxylic acids is 1. The van der Waals surface area contributed by atoms with Gasteiger partial charge in [-0.3, -0.25) is 4.79 Å². The number of aromatic carboxylic acids is 1. The van der Waals surface area contributed by atoms with Gasteiger partial charge in [0.1, 0.15) is 0 Å². The van der Waals surface area contributed by atoms with Crippen molar-refractivity contribution in [2.75, 3.05) is 18.9 Å². The van der Waals surface area contributed by atoms with E-state index in [9.17, 15) is 9.59 Å². The van der Waals surface area contributed by atoms with E-state index in [1.807, 2.05) is 7.05 Å². The number of anilines is 1. The zero-order valence-electron chi connectivity index (χ0n) is 10.00. The molecule has 0 fully saturated rings. The molecule has 3 N–H and O–H groups in total. The number of carbonyl (C=O) groups excluding carboxylic acids is 1. The molecule has 0 saturated carbocycles. The first-order valence-electron chi connectivity index (χ1n) is 5.52. The Morgan fingerprint density at radius 1 is 1.39 bits per heavy atom. The van der Waals surface area contributed by atoms with E-state index >= 15 is 0 Å². The third kappa shape index (κ3) is 4.46. The molecular weight excluding hydrogens is 300 g/mol. The van der Waals surface area contributed by atoms with Gasteiger partial charge in [-0.1, -0.05) is 15.9 Å². The molecule has 1 rings (SSSR count). The van der Waals surface area contributed by atoms with Crippen LogP contribution in [0.1, 0.15) is 23.2 Å². The Kier molecular flexibility index (Phi) is 5.80. The van der Waals surface area contributed by atoms with Crippen LogP contribution in [0.25, 0.3) is 0 Å². The summed E-state index contributed by atoms with van der Waals surface area (Å²) in [5, 5.41) is 14.6. The highest BCUT2D eigenvalue weighted by Gasteiger charge is 2.12. The summed E-state index contributed by atoms with van der Waals surface area (Å²) in [5.74, 6) is -1.25. The summed E-state index contributed by atoms with van der Waals surface area (Å²) in [5.41, 5.74) is 0.395. The van der Waals surface area contributed by atoms with E-state index in [4.69, 9.17) is 5.11 Å². The van der Waals surface area contributed by atoms with Gasteiger partial charge in [0.15, 0.2) is 0 Å². The van der Waals surface area contributed by atoms with Gasteiger partial charge >= 0.3 is 5.97 Å². The maximum absolute atomic E-state index is 11.6. The zero-order valence-corrected chi connectivity index (χ0v) is 11.6. The van der Waals surface area contributed by atoms with Crippen molar-refractivity contribution >= 4 is 33.5 Å². The fraction of sp³-hybridized carbons (Fsp3) is 0.333. The molecule has 0 aliphatic heterocycles. The summed E-state index contributed by atoms with van der Waals surface area (Å²) < 4.78 is 0.720. The first-order valence-corrected chi connectivity index (χ1v) is 6.31. The first kappa shape index (κ1) is 14.7. The van der Waals surface area contributed by atoms with Gasteiger partial charge in [0.25, 0.3) is 0 Å². The van der Waals surface area contributed by atoms with Gasteiger partial charge in [0, 0.05) is 10.9 Å². The van der Waals surface area contributed by atoms with Crippen molar-refractivity contribution in [1.82, 2.24) is 5.32 Å². The molecular formula is C12H15BrN2O3. The van der Waals surface area contributed by atoms with Gasteiger partial charge in [0.05, 0.1) is 11.3 Å². The van der Waals surface area contributed by atoms with Crippen LogP contribution in [0.15, 0.2) is 22.7 Å². The van der Waals surface area contributed by atoms with Crippen molar-refractivity contribution in [2.24, 2.45) is 0 Å². The Morgan fingerprint density at radius 2 is 2.11 bits per heavy atom. The molecule has 0 atom stereocenters. The summed E-state index contributed by atoms with van der Waals surface area (Å²) in [6.07, 6.45) is 1.06. The van der Waals surface area contributed by atoms with E-state index in [1.54, 1.807) is 12.1 Å². The lowest BCUT2D eigenvalue weighted by atomic mass is 10.1. The summed E-state index contributed by atoms with van der Waals surface area (Å²) in [6.45, 7) is 0.748. The number of carboxylic acid groups (broad SMARTS) is 1. The highest BCUT2D eigenvalue weighted by molar-refractivity contribution is 9.10. The molecule has 0 spiro atoms. The van der Waals surface area contributed by atoms with Gasteiger partial charge in [0.2, 0.25) is 5.91 Å². The van der Waals surface area contributed by atoms with Gasteiger partial charge in [-0.05, 0) is 38.2 Å². The summed E-state index contributed by atoms with van der Waals surface area (Å²) in [4.78, 5) is 22.6. The van der Waals surface area contributed by atoms with Crippen LogP contribution >= 0.6 is 15.9 Å². The van der Waals surface area contributed by atoms with Crippen LogP contribution < -0.4 is 10.6 Å². The second kappa shape index (κ2) is 7.13. The minimum absolute atomic E-state index is 0.0835. The minimum atomic E-state index is -1.06. The smallest absolute Gasteiger partial charge is 0.337 e. The van der Waals surface area contributed by atoms with E-state index in [-0.39, 0.29) is 11.5 Å². The summed E-state index contributed by atoms with van der Waals surface area (Å²) in [7, 11) is 1.81. The van der Waals surface area contributed by atoms with Crippen LogP contribution in [-0.4, -0.2) is 30.6 Å². The third-order valence-corrected chi connectivity index (χ3v) is 2.81. The van der Waals surface area contributed by atoms with E-state index in [1.165, 1.54) is 6.07 Å². The number of hydrogen-bond donors (Lipinski definition) is 3. The maximum Gasteiger partial charge on any atom is 0.337 e. The Hall–Kier alpha value is -1.40. The highest BCUT2D eigenvalue weighted by Crippen LogP contribution is 2.21. The van der Waals surface area contributed by atoms with Crippen molar-refractivity contribution in [3.8, 4) is 0 Å². The zero-order chi connectivity index (χ0) is 13.5. The van der Waals surface area contributed by atoms with Crippen LogP contribution in [-0.2, 0) is 4.79 Å². The molecule has 0 aliphatic carbocycles. The molecule has 0 saturated heterocycles. The van der Waals surface area contributed by atoms with Crippen LogP contribution in [0.2, 0.25) is 0 Å². The molecule has 0 radical (unpaired) electrons. The predicted molar refractivity (Wildman–Crippen MR) is 72.9 cm³/mol.